The summed E-state index contributed by atoms with van der Waals surface area (Å²) in [6, 6.07) is 0. The summed E-state index contributed by atoms with van der Waals surface area (Å²) in [4.78, 5) is 36.0. The minimum Gasteiger partial charge on any atom is -0.507 e. The fourth-order valence-electron chi connectivity index (χ4n) is 4.67. The van der Waals surface area contributed by atoms with E-state index < -0.39 is 35.3 Å². The molecule has 0 radical (unpaired) electrons. The Morgan fingerprint density at radius 1 is 1.20 bits per heavy atom. The maximum Gasteiger partial charge on any atom is 0.259 e. The number of aliphatic hydroxyl groups excluding tert-OH is 1. The van der Waals surface area contributed by atoms with Gasteiger partial charge in [0, 0.05) is 11.8 Å². The Balaban J connectivity index is 1.51. The van der Waals surface area contributed by atoms with E-state index in [9.17, 15) is 19.5 Å². The number of rotatable bonds is 4. The van der Waals surface area contributed by atoms with Crippen molar-refractivity contribution in [1.82, 2.24) is 5.32 Å². The molecule has 1 amide bonds. The Morgan fingerprint density at radius 3 is 2.53 bits per heavy atom. The zero-order chi connectivity index (χ0) is 22.0. The molecule has 4 aliphatic rings. The van der Waals surface area contributed by atoms with Gasteiger partial charge in [0.05, 0.1) is 12.6 Å². The van der Waals surface area contributed by atoms with Crippen molar-refractivity contribution in [3.05, 3.63) is 35.1 Å². The number of carbonyl (C=O) groups is 3. The summed E-state index contributed by atoms with van der Waals surface area (Å²) in [5, 5.41) is 12.5. The number of ether oxygens (including phenoxy) is 3. The molecule has 8 nitrogen and oxygen atoms in total. The number of aliphatic hydroxyl groups is 1. The van der Waals surface area contributed by atoms with Crippen LogP contribution in [0.5, 0.6) is 0 Å². The minimum atomic E-state index is -0.988. The van der Waals surface area contributed by atoms with Gasteiger partial charge in [0.1, 0.15) is 17.4 Å². The smallest absolute Gasteiger partial charge is 0.259 e. The molecule has 7 atom stereocenters. The number of Topliss-reactive ketones (excluding diaryl/α,β-unsaturated/α-hetero) is 2. The molecule has 0 saturated carbocycles. The van der Waals surface area contributed by atoms with Crippen molar-refractivity contribution < 1.29 is 33.7 Å². The molecule has 8 heteroatoms. The Bertz CT molecular complexity index is 900. The van der Waals surface area contributed by atoms with Gasteiger partial charge in [0.2, 0.25) is 0 Å². The molecule has 4 heterocycles. The molecule has 0 aromatic rings. The lowest BCUT2D eigenvalue weighted by atomic mass is 9.78. The van der Waals surface area contributed by atoms with Crippen LogP contribution in [0.15, 0.2) is 35.1 Å². The van der Waals surface area contributed by atoms with Gasteiger partial charge in [-0.25, -0.2) is 0 Å². The third kappa shape index (κ3) is 3.05. The van der Waals surface area contributed by atoms with Gasteiger partial charge in [-0.05, 0) is 26.8 Å². The predicted octanol–water partition coefficient (Wildman–Crippen LogP) is 1.51. The van der Waals surface area contributed by atoms with Crippen molar-refractivity contribution in [2.24, 2.45) is 11.8 Å². The number of fused-ring (bicyclic) bond motifs is 4. The first-order valence-corrected chi connectivity index (χ1v) is 10.2. The highest BCUT2D eigenvalue weighted by Gasteiger charge is 2.76. The van der Waals surface area contributed by atoms with Crippen LogP contribution in [0.25, 0.3) is 0 Å². The molecule has 0 aliphatic carbocycles. The normalized spacial score (nSPS) is 43.5. The van der Waals surface area contributed by atoms with Gasteiger partial charge >= 0.3 is 0 Å². The molecule has 4 aliphatic heterocycles. The van der Waals surface area contributed by atoms with E-state index in [0.29, 0.717) is 0 Å². The molecule has 2 bridgehead atoms. The summed E-state index contributed by atoms with van der Waals surface area (Å²) >= 11 is 0. The topological polar surface area (TPSA) is 114 Å². The largest absolute Gasteiger partial charge is 0.507 e. The second-order valence-corrected chi connectivity index (χ2v) is 8.90. The monoisotopic (exact) mass is 417 g/mol. The number of epoxide rings is 1. The van der Waals surface area contributed by atoms with E-state index in [-0.39, 0.29) is 41.6 Å². The van der Waals surface area contributed by atoms with E-state index in [1.54, 1.807) is 6.08 Å². The van der Waals surface area contributed by atoms with Crippen molar-refractivity contribution in [1.29, 1.82) is 0 Å². The van der Waals surface area contributed by atoms with E-state index >= 15 is 0 Å². The van der Waals surface area contributed by atoms with Crippen molar-refractivity contribution in [3.8, 4) is 0 Å². The number of hydrogen-bond acceptors (Lipinski definition) is 7. The van der Waals surface area contributed by atoms with Crippen LogP contribution in [0.2, 0.25) is 0 Å². The van der Waals surface area contributed by atoms with Gasteiger partial charge < -0.3 is 24.6 Å². The number of nitrogens with one attached hydrogen (secondary N) is 1. The van der Waals surface area contributed by atoms with Gasteiger partial charge in [-0.15, -0.1) is 0 Å². The molecule has 0 aromatic heterocycles. The lowest BCUT2D eigenvalue weighted by Gasteiger charge is -2.51. The highest BCUT2D eigenvalue weighted by atomic mass is 16.8. The van der Waals surface area contributed by atoms with Crippen LogP contribution in [-0.4, -0.2) is 58.8 Å². The Morgan fingerprint density at radius 2 is 1.90 bits per heavy atom. The van der Waals surface area contributed by atoms with Crippen LogP contribution in [-0.2, 0) is 28.6 Å². The van der Waals surface area contributed by atoms with E-state index in [1.165, 1.54) is 6.08 Å². The van der Waals surface area contributed by atoms with Gasteiger partial charge in [-0.2, -0.15) is 0 Å². The summed E-state index contributed by atoms with van der Waals surface area (Å²) < 4.78 is 18.0. The van der Waals surface area contributed by atoms with Crippen LogP contribution < -0.4 is 5.32 Å². The van der Waals surface area contributed by atoms with E-state index in [4.69, 9.17) is 14.2 Å². The SMILES string of the molecule is CC(/C=C/C(O)=C1/C(=O)CNC1=O)=C\C(C)C1OC2(C)OC(C(=O)C3OC32C)C1C. The first-order chi connectivity index (χ1) is 14.0. The number of carbonyl (C=O) groups excluding carboxylic acids is 3. The number of allylic oxidation sites excluding steroid dienone is 3. The third-order valence-electron chi connectivity index (χ3n) is 6.67. The maximum absolute atomic E-state index is 12.7. The Hall–Kier alpha value is -2.29. The van der Waals surface area contributed by atoms with Gasteiger partial charge in [-0.3, -0.25) is 14.4 Å². The standard InChI is InChI=1S/C22H27NO7/c1-10(6-7-13(24)15-14(25)9-23-20(15)27)8-11(2)17-12(3)18-16(26)19-21(4,30-19)22(5,28-17)29-18/h6-8,11-12,17-19,24H,9H2,1-5H3,(H,23,27)/b7-6+,10-8+,15-13+. The summed E-state index contributed by atoms with van der Waals surface area (Å²) in [5.41, 5.74) is -0.167. The Kier molecular flexibility index (Phi) is 4.80. The third-order valence-corrected chi connectivity index (χ3v) is 6.67. The van der Waals surface area contributed by atoms with Crippen LogP contribution in [0.3, 0.4) is 0 Å². The number of ketones is 2. The fraction of sp³-hybridized carbons (Fsp3) is 0.591. The first kappa shape index (κ1) is 21.0. The van der Waals surface area contributed by atoms with Crippen molar-refractivity contribution in [3.63, 3.8) is 0 Å². The highest BCUT2D eigenvalue weighted by Crippen LogP contribution is 2.57. The zero-order valence-corrected chi connectivity index (χ0v) is 17.7. The summed E-state index contributed by atoms with van der Waals surface area (Å²) in [5.74, 6) is -2.59. The van der Waals surface area contributed by atoms with Crippen molar-refractivity contribution >= 4 is 17.5 Å². The van der Waals surface area contributed by atoms with Gasteiger partial charge in [0.15, 0.2) is 29.1 Å². The molecule has 0 aromatic carbocycles. The van der Waals surface area contributed by atoms with Crippen LogP contribution in [0.1, 0.15) is 34.6 Å². The maximum atomic E-state index is 12.7. The Labute approximate surface area is 174 Å². The lowest BCUT2D eigenvalue weighted by Crippen LogP contribution is -2.66. The first-order valence-electron chi connectivity index (χ1n) is 10.2. The molecule has 4 rings (SSSR count). The quantitative estimate of drug-likeness (QED) is 0.234. The number of hydrogen-bond donors (Lipinski definition) is 2. The van der Waals surface area contributed by atoms with E-state index in [0.717, 1.165) is 5.57 Å². The molecule has 162 valence electrons. The van der Waals surface area contributed by atoms with Crippen LogP contribution in [0, 0.1) is 11.8 Å². The molecule has 0 spiro atoms. The average Bonchev–Trinajstić information content (AvgIpc) is 3.29. The predicted molar refractivity (Wildman–Crippen MR) is 105 cm³/mol. The molecule has 7 unspecified atom stereocenters. The van der Waals surface area contributed by atoms with Crippen LogP contribution >= 0.6 is 0 Å². The molecular weight excluding hydrogens is 390 g/mol. The second-order valence-electron chi connectivity index (χ2n) is 8.90. The molecule has 30 heavy (non-hydrogen) atoms. The molecule has 2 N–H and O–H groups in total. The van der Waals surface area contributed by atoms with Crippen molar-refractivity contribution in [2.45, 2.75) is 64.3 Å². The minimum absolute atomic E-state index is 0.0281. The van der Waals surface area contributed by atoms with Gasteiger partial charge in [-0.1, -0.05) is 31.6 Å². The summed E-state index contributed by atoms with van der Waals surface area (Å²) in [7, 11) is 0. The van der Waals surface area contributed by atoms with E-state index in [2.05, 4.69) is 5.32 Å². The number of amides is 1. The zero-order valence-electron chi connectivity index (χ0n) is 17.7. The molecule has 4 fully saturated rings. The van der Waals surface area contributed by atoms with E-state index in [1.807, 2.05) is 40.7 Å². The average molecular weight is 417 g/mol. The molecule has 4 saturated heterocycles. The lowest BCUT2D eigenvalue weighted by molar-refractivity contribution is -0.350. The van der Waals surface area contributed by atoms with Crippen LogP contribution in [0.4, 0.5) is 0 Å². The van der Waals surface area contributed by atoms with Crippen molar-refractivity contribution in [2.75, 3.05) is 6.54 Å². The summed E-state index contributed by atoms with van der Waals surface area (Å²) in [6.45, 7) is 9.34. The fourth-order valence-corrected chi connectivity index (χ4v) is 4.67. The van der Waals surface area contributed by atoms with Gasteiger partial charge in [0.25, 0.3) is 5.91 Å². The second kappa shape index (κ2) is 6.87. The summed E-state index contributed by atoms with van der Waals surface area (Å²) in [6.07, 6.45) is 3.64. The highest BCUT2D eigenvalue weighted by molar-refractivity contribution is 6.25. The molecular formula is C22H27NO7.